The van der Waals surface area contributed by atoms with E-state index in [0.29, 0.717) is 19.1 Å². The summed E-state index contributed by atoms with van der Waals surface area (Å²) in [7, 11) is 0. The number of hydrogen-bond acceptors (Lipinski definition) is 7. The normalized spacial score (nSPS) is 14.2. The van der Waals surface area contributed by atoms with Crippen LogP contribution in [0, 0.1) is 0 Å². The molecular formula is C33H35N3O3S. The SMILES string of the molecule is c1ccc(COCOc2ccc3ccc(OCCCCN4CCN(c5cccc6sccc56)CC4)cc3n2)cc1. The van der Waals surface area contributed by atoms with Crippen molar-refractivity contribution in [3.8, 4) is 11.6 Å². The summed E-state index contributed by atoms with van der Waals surface area (Å²) < 4.78 is 18.8. The van der Waals surface area contributed by atoms with Gasteiger partial charge in [-0.2, -0.15) is 0 Å². The number of fused-ring (bicyclic) bond motifs is 2. The van der Waals surface area contributed by atoms with E-state index in [9.17, 15) is 0 Å². The molecule has 5 aromatic rings. The number of piperazine rings is 1. The Morgan fingerprint density at radius 1 is 0.800 bits per heavy atom. The third-order valence-corrected chi connectivity index (χ3v) is 8.25. The Balaban J connectivity index is 0.908. The molecule has 0 N–H and O–H groups in total. The summed E-state index contributed by atoms with van der Waals surface area (Å²) in [6.45, 7) is 6.87. The molecule has 0 radical (unpaired) electrons. The van der Waals surface area contributed by atoms with Gasteiger partial charge in [-0.3, -0.25) is 4.90 Å². The molecule has 3 heterocycles. The number of aromatic nitrogens is 1. The Hall–Kier alpha value is -3.65. The van der Waals surface area contributed by atoms with Crippen LogP contribution in [0.2, 0.25) is 0 Å². The summed E-state index contributed by atoms with van der Waals surface area (Å²) in [5.74, 6) is 1.39. The maximum Gasteiger partial charge on any atom is 0.216 e. The molecule has 6 rings (SSSR count). The zero-order valence-corrected chi connectivity index (χ0v) is 23.5. The summed E-state index contributed by atoms with van der Waals surface area (Å²) in [6.07, 6.45) is 2.16. The van der Waals surface area contributed by atoms with E-state index in [1.807, 2.05) is 72.0 Å². The lowest BCUT2D eigenvalue weighted by Crippen LogP contribution is -2.46. The number of benzene rings is 3. The first-order chi connectivity index (χ1) is 19.8. The highest BCUT2D eigenvalue weighted by molar-refractivity contribution is 7.17. The van der Waals surface area contributed by atoms with Crippen LogP contribution in [0.3, 0.4) is 0 Å². The fraction of sp³-hybridized carbons (Fsp3) is 0.303. The standard InChI is InChI=1S/C33H35N3O3S/c1-2-7-26(8-3-1)24-37-25-39-33-14-12-27-11-13-28(23-30(27)34-33)38-21-5-4-16-35-17-19-36(20-18-35)31-9-6-10-32-29(31)15-22-40-32/h1-3,6-15,22-23H,4-5,16-21,24-25H2. The molecule has 1 saturated heterocycles. The van der Waals surface area contributed by atoms with Crippen molar-refractivity contribution in [1.82, 2.24) is 9.88 Å². The Morgan fingerprint density at radius 3 is 2.58 bits per heavy atom. The number of thiophene rings is 1. The van der Waals surface area contributed by atoms with E-state index in [2.05, 4.69) is 44.4 Å². The predicted molar refractivity (Wildman–Crippen MR) is 164 cm³/mol. The minimum absolute atomic E-state index is 0.156. The number of rotatable bonds is 12. The van der Waals surface area contributed by atoms with E-state index >= 15 is 0 Å². The van der Waals surface area contributed by atoms with Crippen LogP contribution in [0.5, 0.6) is 11.6 Å². The van der Waals surface area contributed by atoms with Crippen molar-refractivity contribution in [3.63, 3.8) is 0 Å². The van der Waals surface area contributed by atoms with Gasteiger partial charge in [0.2, 0.25) is 5.88 Å². The van der Waals surface area contributed by atoms with Crippen LogP contribution >= 0.6 is 11.3 Å². The van der Waals surface area contributed by atoms with Crippen LogP contribution in [0.1, 0.15) is 18.4 Å². The first-order valence-corrected chi connectivity index (χ1v) is 14.9. The lowest BCUT2D eigenvalue weighted by atomic mass is 10.2. The Labute approximate surface area is 239 Å². The number of unbranched alkanes of at least 4 members (excludes halogenated alkanes) is 1. The fourth-order valence-electron chi connectivity index (χ4n) is 5.18. The lowest BCUT2D eigenvalue weighted by Gasteiger charge is -2.36. The van der Waals surface area contributed by atoms with Gasteiger partial charge in [0.1, 0.15) is 5.75 Å². The van der Waals surface area contributed by atoms with Gasteiger partial charge >= 0.3 is 0 Å². The van der Waals surface area contributed by atoms with Crippen LogP contribution < -0.4 is 14.4 Å². The minimum Gasteiger partial charge on any atom is -0.494 e. The molecule has 6 nitrogen and oxygen atoms in total. The predicted octanol–water partition coefficient (Wildman–Crippen LogP) is 6.98. The molecular weight excluding hydrogens is 518 g/mol. The number of nitrogens with zero attached hydrogens (tertiary/aromatic N) is 3. The van der Waals surface area contributed by atoms with Crippen LogP contribution in [-0.4, -0.2) is 56.0 Å². The van der Waals surface area contributed by atoms with Crippen molar-refractivity contribution in [3.05, 3.63) is 95.9 Å². The van der Waals surface area contributed by atoms with E-state index in [0.717, 1.165) is 67.8 Å². The van der Waals surface area contributed by atoms with E-state index < -0.39 is 0 Å². The topological polar surface area (TPSA) is 47.1 Å². The molecule has 1 fully saturated rings. The van der Waals surface area contributed by atoms with Gasteiger partial charge < -0.3 is 19.1 Å². The lowest BCUT2D eigenvalue weighted by molar-refractivity contribution is 0.00275. The van der Waals surface area contributed by atoms with Crippen molar-refractivity contribution in [1.29, 1.82) is 0 Å². The smallest absolute Gasteiger partial charge is 0.216 e. The molecule has 0 saturated carbocycles. The van der Waals surface area contributed by atoms with Gasteiger partial charge in [-0.1, -0.05) is 36.4 Å². The van der Waals surface area contributed by atoms with Crippen molar-refractivity contribution in [2.45, 2.75) is 19.4 Å². The van der Waals surface area contributed by atoms with E-state index in [1.165, 1.54) is 15.8 Å². The van der Waals surface area contributed by atoms with Crippen LogP contribution in [-0.2, 0) is 11.3 Å². The molecule has 0 amide bonds. The summed E-state index contributed by atoms with van der Waals surface area (Å²) in [5.41, 5.74) is 3.35. The zero-order chi connectivity index (χ0) is 27.0. The third kappa shape index (κ3) is 6.73. The molecule has 206 valence electrons. The van der Waals surface area contributed by atoms with Gasteiger partial charge in [-0.25, -0.2) is 4.98 Å². The molecule has 0 aliphatic carbocycles. The van der Waals surface area contributed by atoms with Crippen LogP contribution in [0.4, 0.5) is 5.69 Å². The Bertz CT molecular complexity index is 1520. The highest BCUT2D eigenvalue weighted by atomic mass is 32.1. The molecule has 1 aliphatic rings. The van der Waals surface area contributed by atoms with E-state index in [1.54, 1.807) is 0 Å². The van der Waals surface area contributed by atoms with Gasteiger partial charge in [0, 0.05) is 59.5 Å². The summed E-state index contributed by atoms with van der Waals surface area (Å²) in [5, 5.41) is 4.63. The van der Waals surface area contributed by atoms with Crippen LogP contribution in [0.25, 0.3) is 21.0 Å². The van der Waals surface area contributed by atoms with Gasteiger partial charge in [-0.05, 0) is 66.7 Å². The highest BCUT2D eigenvalue weighted by Gasteiger charge is 2.18. The van der Waals surface area contributed by atoms with E-state index in [4.69, 9.17) is 14.2 Å². The second kappa shape index (κ2) is 13.1. The Kier molecular flexibility index (Phi) is 8.72. The highest BCUT2D eigenvalue weighted by Crippen LogP contribution is 2.31. The molecule has 0 bridgehead atoms. The summed E-state index contributed by atoms with van der Waals surface area (Å²) in [4.78, 5) is 9.75. The molecule has 0 unspecified atom stereocenters. The Morgan fingerprint density at radius 2 is 1.68 bits per heavy atom. The molecule has 0 atom stereocenters. The fourth-order valence-corrected chi connectivity index (χ4v) is 5.99. The van der Waals surface area contributed by atoms with Gasteiger partial charge in [-0.15, -0.1) is 11.3 Å². The average molecular weight is 554 g/mol. The molecule has 2 aromatic heterocycles. The maximum atomic E-state index is 6.07. The average Bonchev–Trinajstić information content (AvgIpc) is 3.49. The van der Waals surface area contributed by atoms with Gasteiger partial charge in [0.05, 0.1) is 18.7 Å². The second-order valence-electron chi connectivity index (χ2n) is 10.1. The molecule has 1 aliphatic heterocycles. The third-order valence-electron chi connectivity index (χ3n) is 7.36. The van der Waals surface area contributed by atoms with Gasteiger partial charge in [0.15, 0.2) is 6.79 Å². The van der Waals surface area contributed by atoms with Gasteiger partial charge in [0.25, 0.3) is 0 Å². The summed E-state index contributed by atoms with van der Waals surface area (Å²) >= 11 is 1.82. The van der Waals surface area contributed by atoms with Crippen molar-refractivity contribution in [2.75, 3.05) is 51.0 Å². The van der Waals surface area contributed by atoms with Crippen molar-refractivity contribution < 1.29 is 14.2 Å². The van der Waals surface area contributed by atoms with Crippen molar-refractivity contribution >= 4 is 38.0 Å². The largest absolute Gasteiger partial charge is 0.494 e. The number of anilines is 1. The maximum absolute atomic E-state index is 6.07. The van der Waals surface area contributed by atoms with E-state index in [-0.39, 0.29) is 6.79 Å². The molecule has 7 heteroatoms. The molecule has 0 spiro atoms. The van der Waals surface area contributed by atoms with Crippen LogP contribution in [0.15, 0.2) is 90.3 Å². The number of ether oxygens (including phenoxy) is 3. The monoisotopic (exact) mass is 553 g/mol. The number of hydrogen-bond donors (Lipinski definition) is 0. The quantitative estimate of drug-likeness (QED) is 0.123. The summed E-state index contributed by atoms with van der Waals surface area (Å²) in [6, 6.07) is 28.9. The molecule has 40 heavy (non-hydrogen) atoms. The minimum atomic E-state index is 0.156. The first-order valence-electron chi connectivity index (χ1n) is 14.0. The van der Waals surface area contributed by atoms with Crippen molar-refractivity contribution in [2.24, 2.45) is 0 Å². The second-order valence-corrected chi connectivity index (χ2v) is 11.0. The first kappa shape index (κ1) is 26.6. The molecule has 3 aromatic carbocycles. The zero-order valence-electron chi connectivity index (χ0n) is 22.7. The number of pyridine rings is 1.